The van der Waals surface area contributed by atoms with Gasteiger partial charge in [-0.25, -0.2) is 13.2 Å². The average molecular weight is 369 g/mol. The molecule has 0 aliphatic rings. The van der Waals surface area contributed by atoms with Crippen molar-refractivity contribution in [2.24, 2.45) is 0 Å². The highest BCUT2D eigenvalue weighted by Gasteiger charge is 2.12. The van der Waals surface area contributed by atoms with Crippen molar-refractivity contribution in [1.29, 1.82) is 0 Å². The molecule has 1 aromatic carbocycles. The number of nitrogens with zero attached hydrogens (tertiary/aromatic N) is 5. The monoisotopic (exact) mass is 369 g/mol. The lowest BCUT2D eigenvalue weighted by atomic mass is 10.1. The lowest BCUT2D eigenvalue weighted by molar-refractivity contribution is 0.597. The van der Waals surface area contributed by atoms with Crippen LogP contribution in [0.25, 0.3) is 22.8 Å². The molecule has 0 fully saturated rings. The summed E-state index contributed by atoms with van der Waals surface area (Å²) in [4.78, 5) is 5.18. The van der Waals surface area contributed by atoms with E-state index < -0.39 is 17.5 Å². The van der Waals surface area contributed by atoms with Gasteiger partial charge in [0, 0.05) is 17.8 Å². The molecule has 0 saturated heterocycles. The number of hydrogen-bond acceptors (Lipinski definition) is 4. The number of halogens is 3. The van der Waals surface area contributed by atoms with Gasteiger partial charge in [-0.2, -0.15) is 0 Å². The third-order valence-corrected chi connectivity index (χ3v) is 3.56. The summed E-state index contributed by atoms with van der Waals surface area (Å²) in [5.41, 5.74) is 1.00. The average Bonchev–Trinajstić information content (AvgIpc) is 3.13. The third kappa shape index (κ3) is 4.35. The van der Waals surface area contributed by atoms with Gasteiger partial charge < -0.3 is 0 Å². The van der Waals surface area contributed by atoms with Gasteiger partial charge in [-0.15, -0.1) is 15.0 Å². The molecule has 0 radical (unpaired) electrons. The number of tetrazole rings is 1. The van der Waals surface area contributed by atoms with E-state index in [9.17, 15) is 13.2 Å². The summed E-state index contributed by atoms with van der Waals surface area (Å²) < 4.78 is 40.9. The molecular formula is C19H14F3N5. The fourth-order valence-corrected chi connectivity index (χ4v) is 2.34. The summed E-state index contributed by atoms with van der Waals surface area (Å²) >= 11 is 0. The first-order chi connectivity index (χ1) is 12.9. The predicted octanol–water partition coefficient (Wildman–Crippen LogP) is 4.44. The molecule has 0 aliphatic heterocycles. The Bertz CT molecular complexity index is 1040. The minimum atomic E-state index is -0.759. The smallest absolute Gasteiger partial charge is 0.223 e. The summed E-state index contributed by atoms with van der Waals surface area (Å²) in [6, 6.07) is 8.29. The molecule has 0 N–H and O–H groups in total. The third-order valence-electron chi connectivity index (χ3n) is 3.56. The highest BCUT2D eigenvalue weighted by Crippen LogP contribution is 2.22. The topological polar surface area (TPSA) is 56.5 Å². The number of pyridine rings is 1. The normalized spacial score (nSPS) is 12.3. The lowest BCUT2D eigenvalue weighted by Crippen LogP contribution is -2.01. The molecule has 136 valence electrons. The van der Waals surface area contributed by atoms with Crippen molar-refractivity contribution in [3.05, 3.63) is 84.4 Å². The number of hydrogen-bond donors (Lipinski definition) is 0. The molecule has 5 nitrogen and oxygen atoms in total. The lowest BCUT2D eigenvalue weighted by Gasteiger charge is -2.06. The summed E-state index contributed by atoms with van der Waals surface area (Å²) in [7, 11) is 0. The Balaban J connectivity index is 2.02. The molecule has 2 heterocycles. The van der Waals surface area contributed by atoms with Crippen molar-refractivity contribution in [1.82, 2.24) is 25.2 Å². The maximum Gasteiger partial charge on any atom is 0.223 e. The Kier molecular flexibility index (Phi) is 5.25. The minimum Gasteiger partial charge on any atom is -0.253 e. The molecule has 0 atom stereocenters. The zero-order chi connectivity index (χ0) is 19.4. The number of benzene rings is 1. The molecule has 0 spiro atoms. The standard InChI is InChI=1S/C19H14F3N5/c1-12(16-11-14(21)6-7-17(16)22)9-15(10-13(2)20)27-25-19(24-26-27)18-5-3-4-8-23-18/h3-11H,2H2,1H3/b12-9+,15-10+. The summed E-state index contributed by atoms with van der Waals surface area (Å²) in [5, 5.41) is 11.9. The predicted molar refractivity (Wildman–Crippen MR) is 95.6 cm³/mol. The van der Waals surface area contributed by atoms with Gasteiger partial charge in [-0.1, -0.05) is 12.6 Å². The van der Waals surface area contributed by atoms with Gasteiger partial charge in [-0.05, 0) is 54.1 Å². The Morgan fingerprint density at radius 3 is 2.67 bits per heavy atom. The zero-order valence-electron chi connectivity index (χ0n) is 14.3. The molecule has 3 aromatic rings. The SMILES string of the molecule is C=C(F)/C=C(\C=C(/C)c1cc(F)ccc1F)n1nnc(-c2ccccn2)n1. The summed E-state index contributed by atoms with van der Waals surface area (Å²) in [5.74, 6) is -1.72. The van der Waals surface area contributed by atoms with Crippen molar-refractivity contribution in [2.45, 2.75) is 6.92 Å². The van der Waals surface area contributed by atoms with Gasteiger partial charge in [-0.3, -0.25) is 4.98 Å². The summed E-state index contributed by atoms with van der Waals surface area (Å²) in [6.45, 7) is 4.75. The summed E-state index contributed by atoms with van der Waals surface area (Å²) in [6.07, 6.45) is 4.05. The maximum absolute atomic E-state index is 14.0. The molecule has 27 heavy (non-hydrogen) atoms. The van der Waals surface area contributed by atoms with Crippen molar-refractivity contribution in [2.75, 3.05) is 0 Å². The van der Waals surface area contributed by atoms with Crippen LogP contribution >= 0.6 is 0 Å². The molecule has 3 rings (SSSR count). The second-order valence-corrected chi connectivity index (χ2v) is 5.59. The van der Waals surface area contributed by atoms with E-state index in [0.29, 0.717) is 11.3 Å². The van der Waals surface area contributed by atoms with E-state index in [1.54, 1.807) is 31.3 Å². The van der Waals surface area contributed by atoms with Crippen molar-refractivity contribution in [3.63, 3.8) is 0 Å². The second-order valence-electron chi connectivity index (χ2n) is 5.59. The molecule has 0 saturated carbocycles. The fraction of sp³-hybridized carbons (Fsp3) is 0.0526. The highest BCUT2D eigenvalue weighted by molar-refractivity contribution is 5.76. The van der Waals surface area contributed by atoms with Gasteiger partial charge in [0.1, 0.15) is 23.2 Å². The Morgan fingerprint density at radius 2 is 1.96 bits per heavy atom. The minimum absolute atomic E-state index is 0.0374. The zero-order valence-corrected chi connectivity index (χ0v) is 14.3. The van der Waals surface area contributed by atoms with E-state index in [0.717, 1.165) is 29.1 Å². The molecule has 8 heteroatoms. The Labute approximate surface area is 153 Å². The van der Waals surface area contributed by atoms with Gasteiger partial charge in [0.2, 0.25) is 5.82 Å². The van der Waals surface area contributed by atoms with Crippen LogP contribution in [0.1, 0.15) is 12.5 Å². The largest absolute Gasteiger partial charge is 0.253 e. The van der Waals surface area contributed by atoms with E-state index in [-0.39, 0.29) is 17.1 Å². The van der Waals surface area contributed by atoms with E-state index >= 15 is 0 Å². The van der Waals surface area contributed by atoms with Gasteiger partial charge in [0.15, 0.2) is 0 Å². The first-order valence-corrected chi connectivity index (χ1v) is 7.85. The molecule has 0 aliphatic carbocycles. The Morgan fingerprint density at radius 1 is 1.15 bits per heavy atom. The van der Waals surface area contributed by atoms with Crippen LogP contribution in [-0.4, -0.2) is 25.2 Å². The number of allylic oxidation sites excluding steroid dienone is 5. The van der Waals surface area contributed by atoms with E-state index in [1.165, 1.54) is 6.08 Å². The quantitative estimate of drug-likeness (QED) is 0.624. The van der Waals surface area contributed by atoms with Crippen molar-refractivity contribution in [3.8, 4) is 11.5 Å². The van der Waals surface area contributed by atoms with E-state index in [2.05, 4.69) is 27.0 Å². The molecular weight excluding hydrogens is 355 g/mol. The second kappa shape index (κ2) is 7.77. The van der Waals surface area contributed by atoms with Crippen LogP contribution in [0.4, 0.5) is 13.2 Å². The number of aromatic nitrogens is 5. The van der Waals surface area contributed by atoms with Crippen molar-refractivity contribution >= 4 is 11.3 Å². The van der Waals surface area contributed by atoms with Crippen LogP contribution in [0.15, 0.2) is 67.2 Å². The Hall–Kier alpha value is -3.55. The van der Waals surface area contributed by atoms with Gasteiger partial charge in [0.05, 0.1) is 5.70 Å². The van der Waals surface area contributed by atoms with Crippen molar-refractivity contribution < 1.29 is 13.2 Å². The van der Waals surface area contributed by atoms with Crippen LogP contribution < -0.4 is 0 Å². The number of rotatable bonds is 5. The van der Waals surface area contributed by atoms with Gasteiger partial charge in [0.25, 0.3) is 0 Å². The molecule has 0 unspecified atom stereocenters. The van der Waals surface area contributed by atoms with Crippen LogP contribution in [-0.2, 0) is 0 Å². The maximum atomic E-state index is 14.0. The van der Waals surface area contributed by atoms with E-state index in [1.807, 2.05) is 0 Å². The molecule has 2 aromatic heterocycles. The van der Waals surface area contributed by atoms with Crippen LogP contribution in [0, 0.1) is 11.6 Å². The first-order valence-electron chi connectivity index (χ1n) is 7.85. The molecule has 0 amide bonds. The van der Waals surface area contributed by atoms with Crippen LogP contribution in [0.3, 0.4) is 0 Å². The van der Waals surface area contributed by atoms with Gasteiger partial charge >= 0.3 is 0 Å². The van der Waals surface area contributed by atoms with Crippen LogP contribution in [0.5, 0.6) is 0 Å². The molecule has 0 bridgehead atoms. The first kappa shape index (κ1) is 18.2. The fourth-order valence-electron chi connectivity index (χ4n) is 2.34. The van der Waals surface area contributed by atoms with Crippen LogP contribution in [0.2, 0.25) is 0 Å². The highest BCUT2D eigenvalue weighted by atomic mass is 19.1. The van der Waals surface area contributed by atoms with E-state index in [4.69, 9.17) is 0 Å².